The molecule has 0 saturated heterocycles. The van der Waals surface area contributed by atoms with Gasteiger partial charge in [0.15, 0.2) is 17.3 Å². The molecule has 148 valence electrons. The van der Waals surface area contributed by atoms with E-state index in [0.29, 0.717) is 28.3 Å². The molecule has 0 spiro atoms. The van der Waals surface area contributed by atoms with Crippen molar-refractivity contribution in [3.8, 4) is 17.2 Å². The van der Waals surface area contributed by atoms with E-state index in [1.165, 1.54) is 42.1 Å². The molecule has 1 unspecified atom stereocenters. The molecule has 7 nitrogen and oxygen atoms in total. The first-order chi connectivity index (χ1) is 13.9. The number of methoxy groups -OCH3 is 1. The van der Waals surface area contributed by atoms with Gasteiger partial charge in [-0.15, -0.1) is 0 Å². The van der Waals surface area contributed by atoms with Crippen LogP contribution in [0.4, 0.5) is 10.2 Å². The van der Waals surface area contributed by atoms with E-state index < -0.39 is 11.7 Å². The number of benzene rings is 2. The summed E-state index contributed by atoms with van der Waals surface area (Å²) in [5.74, 6) is -1.37. The molecule has 2 aromatic carbocycles. The second kappa shape index (κ2) is 7.05. The number of Topliss-reactive ketones (excluding diaryl/α,β-unsaturated/α-hetero) is 1. The van der Waals surface area contributed by atoms with Gasteiger partial charge in [0.2, 0.25) is 5.91 Å². The zero-order valence-corrected chi connectivity index (χ0v) is 15.8. The molecule has 2 heterocycles. The fourth-order valence-corrected chi connectivity index (χ4v) is 3.60. The lowest BCUT2D eigenvalue weighted by Gasteiger charge is -2.23. The number of nitrogens with one attached hydrogen (secondary N) is 1. The maximum absolute atomic E-state index is 13.7. The summed E-state index contributed by atoms with van der Waals surface area (Å²) in [5.41, 5.74) is 1.90. The van der Waals surface area contributed by atoms with E-state index >= 15 is 0 Å². The molecule has 3 aromatic rings. The van der Waals surface area contributed by atoms with E-state index in [-0.39, 0.29) is 29.6 Å². The Morgan fingerprint density at radius 3 is 2.83 bits per heavy atom. The molecule has 1 aromatic heterocycles. The number of phenolic OH excluding ortho intramolecular Hbond substituents is 1. The zero-order chi connectivity index (χ0) is 20.7. The minimum Gasteiger partial charge on any atom is -0.504 e. The monoisotopic (exact) mass is 395 g/mol. The van der Waals surface area contributed by atoms with Gasteiger partial charge in [-0.25, -0.2) is 9.07 Å². The van der Waals surface area contributed by atoms with Gasteiger partial charge in [0.1, 0.15) is 11.6 Å². The van der Waals surface area contributed by atoms with Gasteiger partial charge in [-0.2, -0.15) is 5.10 Å². The van der Waals surface area contributed by atoms with Crippen molar-refractivity contribution in [1.29, 1.82) is 0 Å². The molecule has 2 N–H and O–H groups in total. The summed E-state index contributed by atoms with van der Waals surface area (Å²) in [7, 11) is 1.39. The van der Waals surface area contributed by atoms with Crippen LogP contribution in [0.3, 0.4) is 0 Å². The number of hydrogen-bond acceptors (Lipinski definition) is 5. The summed E-state index contributed by atoms with van der Waals surface area (Å²) in [6.07, 6.45) is -0.0370. The van der Waals surface area contributed by atoms with Crippen LogP contribution in [0.2, 0.25) is 0 Å². The van der Waals surface area contributed by atoms with Gasteiger partial charge < -0.3 is 15.2 Å². The standard InChI is InChI=1S/C21H18FN3O4/c1-11-19-15(20(28)12-6-7-16(26)17(8-12)29-2)10-18(27)23-21(19)25(24-11)14-5-3-4-13(22)9-14/h3-9,15,26H,10H2,1-2H3,(H,23,27). The van der Waals surface area contributed by atoms with E-state index in [1.807, 2.05) is 0 Å². The van der Waals surface area contributed by atoms with Crippen molar-refractivity contribution in [3.05, 3.63) is 65.1 Å². The molecular weight excluding hydrogens is 377 g/mol. The Kier molecular flexibility index (Phi) is 4.54. The molecule has 0 aliphatic carbocycles. The molecule has 0 saturated carbocycles. The Morgan fingerprint density at radius 1 is 1.31 bits per heavy atom. The number of ether oxygens (including phenoxy) is 1. The van der Waals surface area contributed by atoms with Crippen LogP contribution in [0, 0.1) is 12.7 Å². The minimum absolute atomic E-state index is 0.0370. The van der Waals surface area contributed by atoms with Gasteiger partial charge in [0.25, 0.3) is 0 Å². The van der Waals surface area contributed by atoms with Crippen LogP contribution in [-0.2, 0) is 4.79 Å². The van der Waals surface area contributed by atoms with Gasteiger partial charge in [-0.1, -0.05) is 6.07 Å². The van der Waals surface area contributed by atoms with Crippen molar-refractivity contribution in [3.63, 3.8) is 0 Å². The molecule has 1 amide bonds. The van der Waals surface area contributed by atoms with E-state index in [1.54, 1.807) is 19.1 Å². The van der Waals surface area contributed by atoms with Gasteiger partial charge in [0.05, 0.1) is 24.4 Å². The lowest BCUT2D eigenvalue weighted by atomic mass is 9.85. The highest BCUT2D eigenvalue weighted by atomic mass is 19.1. The number of halogens is 1. The first-order valence-corrected chi connectivity index (χ1v) is 8.95. The van der Waals surface area contributed by atoms with Crippen molar-refractivity contribution >= 4 is 17.5 Å². The fourth-order valence-electron chi connectivity index (χ4n) is 3.60. The number of aromatic hydroxyl groups is 1. The molecule has 1 aliphatic heterocycles. The van der Waals surface area contributed by atoms with Crippen molar-refractivity contribution in [2.45, 2.75) is 19.3 Å². The van der Waals surface area contributed by atoms with E-state index in [0.717, 1.165) is 0 Å². The quantitative estimate of drug-likeness (QED) is 0.661. The topological polar surface area (TPSA) is 93.5 Å². The Hall–Kier alpha value is -3.68. The maximum atomic E-state index is 13.7. The minimum atomic E-state index is -0.754. The smallest absolute Gasteiger partial charge is 0.226 e. The Balaban J connectivity index is 1.81. The zero-order valence-electron chi connectivity index (χ0n) is 15.8. The van der Waals surface area contributed by atoms with Crippen LogP contribution in [0.25, 0.3) is 5.69 Å². The predicted octanol–water partition coefficient (Wildman–Crippen LogP) is 3.34. The van der Waals surface area contributed by atoms with Crippen LogP contribution >= 0.6 is 0 Å². The van der Waals surface area contributed by atoms with Crippen molar-refractivity contribution in [2.24, 2.45) is 0 Å². The number of carbonyl (C=O) groups excluding carboxylic acids is 2. The van der Waals surface area contributed by atoms with E-state index in [4.69, 9.17) is 4.74 Å². The van der Waals surface area contributed by atoms with Gasteiger partial charge >= 0.3 is 0 Å². The third kappa shape index (κ3) is 3.22. The van der Waals surface area contributed by atoms with Crippen LogP contribution in [0.5, 0.6) is 11.5 Å². The van der Waals surface area contributed by atoms with Crippen LogP contribution in [0.1, 0.15) is 34.0 Å². The third-order valence-electron chi connectivity index (χ3n) is 4.94. The summed E-state index contributed by atoms with van der Waals surface area (Å²) in [4.78, 5) is 25.6. The molecular formula is C21H18FN3O4. The predicted molar refractivity (Wildman–Crippen MR) is 103 cm³/mol. The summed E-state index contributed by atoms with van der Waals surface area (Å²) >= 11 is 0. The van der Waals surface area contributed by atoms with Crippen molar-refractivity contribution in [1.82, 2.24) is 9.78 Å². The Labute approximate surface area is 165 Å². The van der Waals surface area contributed by atoms with Gasteiger partial charge in [-0.3, -0.25) is 9.59 Å². The van der Waals surface area contributed by atoms with Crippen LogP contribution in [0.15, 0.2) is 42.5 Å². The molecule has 0 fully saturated rings. The van der Waals surface area contributed by atoms with Crippen molar-refractivity contribution < 1.29 is 23.8 Å². The molecule has 8 heteroatoms. The highest BCUT2D eigenvalue weighted by Gasteiger charge is 2.36. The summed E-state index contributed by atoms with van der Waals surface area (Å²) < 4.78 is 20.2. The largest absolute Gasteiger partial charge is 0.504 e. The molecule has 1 atom stereocenters. The average Bonchev–Trinajstić information content (AvgIpc) is 3.03. The number of aromatic nitrogens is 2. The highest BCUT2D eigenvalue weighted by Crippen LogP contribution is 2.39. The molecule has 0 radical (unpaired) electrons. The molecule has 4 rings (SSSR count). The number of phenols is 1. The third-order valence-corrected chi connectivity index (χ3v) is 4.94. The number of amides is 1. The van der Waals surface area contributed by atoms with E-state index in [9.17, 15) is 19.1 Å². The summed E-state index contributed by atoms with van der Waals surface area (Å²) in [5, 5.41) is 17.0. The summed E-state index contributed by atoms with van der Waals surface area (Å²) in [6.45, 7) is 1.74. The highest BCUT2D eigenvalue weighted by molar-refractivity contribution is 6.08. The lowest BCUT2D eigenvalue weighted by Crippen LogP contribution is -2.28. The van der Waals surface area contributed by atoms with Crippen LogP contribution < -0.4 is 10.1 Å². The average molecular weight is 395 g/mol. The van der Waals surface area contributed by atoms with E-state index in [2.05, 4.69) is 10.4 Å². The fraction of sp³-hybridized carbons (Fsp3) is 0.190. The number of fused-ring (bicyclic) bond motifs is 1. The van der Waals surface area contributed by atoms with Crippen molar-refractivity contribution in [2.75, 3.05) is 12.4 Å². The number of nitrogens with zero attached hydrogens (tertiary/aromatic N) is 2. The maximum Gasteiger partial charge on any atom is 0.226 e. The molecule has 29 heavy (non-hydrogen) atoms. The Morgan fingerprint density at radius 2 is 2.10 bits per heavy atom. The molecule has 1 aliphatic rings. The molecule has 0 bridgehead atoms. The SMILES string of the molecule is COc1cc(C(=O)C2CC(=O)Nc3c2c(C)nn3-c2cccc(F)c2)ccc1O. The number of rotatable bonds is 4. The number of hydrogen-bond donors (Lipinski definition) is 2. The number of carbonyl (C=O) groups is 2. The summed E-state index contributed by atoms with van der Waals surface area (Å²) in [6, 6.07) is 10.1. The van der Waals surface area contributed by atoms with Gasteiger partial charge in [0, 0.05) is 17.5 Å². The number of anilines is 1. The second-order valence-electron chi connectivity index (χ2n) is 6.80. The lowest BCUT2D eigenvalue weighted by molar-refractivity contribution is -0.116. The number of aryl methyl sites for hydroxylation is 1. The first kappa shape index (κ1) is 18.7. The van der Waals surface area contributed by atoms with Crippen LogP contribution in [-0.4, -0.2) is 33.7 Å². The number of ketones is 1. The normalized spacial score (nSPS) is 15.6. The first-order valence-electron chi connectivity index (χ1n) is 8.95. The Bertz CT molecular complexity index is 1140. The van der Waals surface area contributed by atoms with Gasteiger partial charge in [-0.05, 0) is 43.3 Å². The second-order valence-corrected chi connectivity index (χ2v) is 6.80.